The minimum atomic E-state index is -2.62. The van der Waals surface area contributed by atoms with Gasteiger partial charge in [0.15, 0.2) is 11.4 Å². The van der Waals surface area contributed by atoms with Crippen molar-refractivity contribution in [3.05, 3.63) is 63.6 Å². The Kier molecular flexibility index (Phi) is 5.19. The topological polar surface area (TPSA) is 161 Å². The van der Waals surface area contributed by atoms with Crippen molar-refractivity contribution in [2.45, 2.75) is 43.2 Å². The molecule has 5 rings (SSSR count). The van der Waals surface area contributed by atoms with Gasteiger partial charge in [0.2, 0.25) is 5.78 Å². The Morgan fingerprint density at radius 2 is 1.89 bits per heavy atom. The Hall–Kier alpha value is -3.43. The van der Waals surface area contributed by atoms with E-state index in [1.165, 1.54) is 11.0 Å². The highest BCUT2D eigenvalue weighted by Crippen LogP contribution is 2.53. The number of fused-ring (bicyclic) bond motifs is 3. The molecule has 9 heteroatoms. The Morgan fingerprint density at radius 1 is 1.17 bits per heavy atom. The SMILES string of the molecule is CN(C)[C@@H]1C(O)=C(C(N)=O)C(=O)[C@]2(O)C(O)=C3C(=O)c4c(O)ccc(C5C=CCC5)c4C[C@H]3C[C@@H]12. The van der Waals surface area contributed by atoms with Gasteiger partial charge in [-0.2, -0.15) is 0 Å². The molecule has 5 atom stereocenters. The van der Waals surface area contributed by atoms with Crippen molar-refractivity contribution < 1.29 is 34.8 Å². The summed E-state index contributed by atoms with van der Waals surface area (Å²) in [6, 6.07) is 2.27. The van der Waals surface area contributed by atoms with E-state index in [1.54, 1.807) is 14.1 Å². The van der Waals surface area contributed by atoms with Crippen molar-refractivity contribution in [2.75, 3.05) is 14.1 Å². The first-order chi connectivity index (χ1) is 16.5. The maximum Gasteiger partial charge on any atom is 0.255 e. The van der Waals surface area contributed by atoms with Gasteiger partial charge in [0.25, 0.3) is 5.91 Å². The number of carbonyl (C=O) groups is 3. The Bertz CT molecular complexity index is 1270. The molecular formula is C26H28N2O7. The van der Waals surface area contributed by atoms with Gasteiger partial charge in [0.05, 0.1) is 11.6 Å². The molecule has 4 aliphatic carbocycles. The number of likely N-dealkylation sites (N-methyl/N-ethyl adjacent to an activating group) is 1. The number of rotatable bonds is 3. The molecule has 9 nitrogen and oxygen atoms in total. The van der Waals surface area contributed by atoms with Crippen LogP contribution in [0.1, 0.15) is 46.7 Å². The number of phenolic OH excluding ortho intramolecular Hbond substituents is 1. The number of carbonyl (C=O) groups excluding carboxylic acids is 3. The monoisotopic (exact) mass is 480 g/mol. The minimum Gasteiger partial charge on any atom is -0.510 e. The number of aromatic hydroxyl groups is 1. The van der Waals surface area contributed by atoms with Crippen LogP contribution in [-0.4, -0.2) is 68.5 Å². The van der Waals surface area contributed by atoms with Gasteiger partial charge in [-0.25, -0.2) is 0 Å². The van der Waals surface area contributed by atoms with E-state index in [2.05, 4.69) is 12.2 Å². The summed E-state index contributed by atoms with van der Waals surface area (Å²) in [6.07, 6.45) is 6.35. The summed E-state index contributed by atoms with van der Waals surface area (Å²) in [5, 5.41) is 44.3. The fourth-order valence-electron chi connectivity index (χ4n) is 6.51. The highest BCUT2D eigenvalue weighted by atomic mass is 16.3. The molecule has 0 bridgehead atoms. The summed E-state index contributed by atoms with van der Waals surface area (Å²) in [5.41, 5.74) is 3.46. The summed E-state index contributed by atoms with van der Waals surface area (Å²) in [7, 11) is 3.21. The summed E-state index contributed by atoms with van der Waals surface area (Å²) in [5.74, 6) is -6.27. The van der Waals surface area contributed by atoms with Crippen molar-refractivity contribution in [1.82, 2.24) is 4.90 Å². The van der Waals surface area contributed by atoms with Crippen LogP contribution in [0.25, 0.3) is 0 Å². The number of hydrogen-bond donors (Lipinski definition) is 5. The Balaban J connectivity index is 1.71. The quantitative estimate of drug-likeness (QED) is 0.322. The Morgan fingerprint density at radius 3 is 2.49 bits per heavy atom. The summed E-state index contributed by atoms with van der Waals surface area (Å²) >= 11 is 0. The fourth-order valence-corrected chi connectivity index (χ4v) is 6.51. The first kappa shape index (κ1) is 23.3. The number of hydrogen-bond acceptors (Lipinski definition) is 8. The second-order valence-electron chi connectivity index (χ2n) is 10.1. The average molecular weight is 481 g/mol. The smallest absolute Gasteiger partial charge is 0.255 e. The number of amides is 1. The minimum absolute atomic E-state index is 0.0589. The van der Waals surface area contributed by atoms with E-state index in [0.29, 0.717) is 12.0 Å². The molecule has 1 unspecified atom stereocenters. The number of nitrogens with two attached hydrogens (primary N) is 1. The second-order valence-corrected chi connectivity index (χ2v) is 10.1. The van der Waals surface area contributed by atoms with Crippen LogP contribution < -0.4 is 5.73 Å². The molecular weight excluding hydrogens is 452 g/mol. The lowest BCUT2D eigenvalue weighted by Gasteiger charge is -2.50. The van der Waals surface area contributed by atoms with Crippen LogP contribution >= 0.6 is 0 Å². The van der Waals surface area contributed by atoms with Gasteiger partial charge in [-0.05, 0) is 62.9 Å². The van der Waals surface area contributed by atoms with E-state index < -0.39 is 58.0 Å². The molecule has 0 heterocycles. The van der Waals surface area contributed by atoms with E-state index in [4.69, 9.17) is 5.73 Å². The van der Waals surface area contributed by atoms with Crippen LogP contribution in [0, 0.1) is 11.8 Å². The summed E-state index contributed by atoms with van der Waals surface area (Å²) in [4.78, 5) is 40.5. The molecule has 4 aliphatic rings. The lowest BCUT2D eigenvalue weighted by molar-refractivity contribution is -0.148. The van der Waals surface area contributed by atoms with Gasteiger partial charge in [-0.1, -0.05) is 18.2 Å². The lowest BCUT2D eigenvalue weighted by Crippen LogP contribution is -2.63. The van der Waals surface area contributed by atoms with Crippen LogP contribution in [0.15, 0.2) is 46.9 Å². The maximum atomic E-state index is 13.7. The number of Topliss-reactive ketones (excluding diaryl/α,β-unsaturated/α-hetero) is 2. The highest BCUT2D eigenvalue weighted by molar-refractivity contribution is 6.24. The average Bonchev–Trinajstić information content (AvgIpc) is 3.30. The summed E-state index contributed by atoms with van der Waals surface area (Å²) < 4.78 is 0. The number of phenols is 1. The van der Waals surface area contributed by atoms with Crippen LogP contribution in [0.4, 0.5) is 0 Å². The van der Waals surface area contributed by atoms with Gasteiger partial charge in [-0.15, -0.1) is 0 Å². The van der Waals surface area contributed by atoms with E-state index >= 15 is 0 Å². The lowest BCUT2D eigenvalue weighted by atomic mass is 9.58. The normalized spacial score (nSPS) is 32.1. The van der Waals surface area contributed by atoms with Crippen LogP contribution in [0.2, 0.25) is 0 Å². The fraction of sp³-hybridized carbons (Fsp3) is 0.423. The molecule has 1 aromatic carbocycles. The Labute approximate surface area is 201 Å². The van der Waals surface area contributed by atoms with Crippen molar-refractivity contribution in [3.63, 3.8) is 0 Å². The number of nitrogens with zero attached hydrogens (tertiary/aromatic N) is 1. The predicted octanol–water partition coefficient (Wildman–Crippen LogP) is 1.55. The van der Waals surface area contributed by atoms with Gasteiger partial charge < -0.3 is 26.2 Å². The zero-order valence-corrected chi connectivity index (χ0v) is 19.5. The molecule has 0 saturated carbocycles. The van der Waals surface area contributed by atoms with Crippen molar-refractivity contribution in [1.29, 1.82) is 0 Å². The van der Waals surface area contributed by atoms with E-state index in [-0.39, 0.29) is 29.2 Å². The van der Waals surface area contributed by atoms with Crippen molar-refractivity contribution in [2.24, 2.45) is 17.6 Å². The van der Waals surface area contributed by atoms with Crippen molar-refractivity contribution >= 4 is 17.5 Å². The molecule has 6 N–H and O–H groups in total. The van der Waals surface area contributed by atoms with E-state index in [1.807, 2.05) is 6.07 Å². The van der Waals surface area contributed by atoms with Gasteiger partial charge in [0, 0.05) is 17.4 Å². The third-order valence-corrected chi connectivity index (χ3v) is 8.05. The van der Waals surface area contributed by atoms with Crippen LogP contribution in [-0.2, 0) is 16.0 Å². The third-order valence-electron chi connectivity index (χ3n) is 8.05. The van der Waals surface area contributed by atoms with Crippen LogP contribution in [0.5, 0.6) is 5.75 Å². The molecule has 35 heavy (non-hydrogen) atoms. The van der Waals surface area contributed by atoms with Gasteiger partial charge >= 0.3 is 0 Å². The number of ketones is 2. The number of aliphatic hydroxyl groups is 3. The van der Waals surface area contributed by atoms with Crippen LogP contribution in [0.3, 0.4) is 0 Å². The number of aliphatic hydroxyl groups excluding tert-OH is 2. The molecule has 0 aromatic heterocycles. The van der Waals surface area contributed by atoms with E-state index in [0.717, 1.165) is 18.4 Å². The zero-order valence-electron chi connectivity index (χ0n) is 19.5. The standard InChI is InChI=1S/C26H28N2O7/c1-28(2)20-15-10-12-9-14-13(11-5-3-4-6-11)7-8-16(29)18(14)21(30)17(12)23(32)26(15,35)24(33)19(22(20)31)25(27)34/h3,5,7-8,11-12,15,20,29,31-32,35H,4,6,9-10H2,1-2H3,(H2,27,34)/t11?,12-,15-,20-,26+/m0/s1. The molecule has 0 fully saturated rings. The number of allylic oxidation sites excluding steroid dienone is 3. The molecule has 0 radical (unpaired) electrons. The van der Waals surface area contributed by atoms with Gasteiger partial charge in [0.1, 0.15) is 22.8 Å². The highest BCUT2D eigenvalue weighted by Gasteiger charge is 2.63. The van der Waals surface area contributed by atoms with Crippen molar-refractivity contribution in [3.8, 4) is 5.75 Å². The predicted molar refractivity (Wildman–Crippen MR) is 125 cm³/mol. The largest absolute Gasteiger partial charge is 0.510 e. The number of benzene rings is 1. The number of primary amides is 1. The maximum absolute atomic E-state index is 13.7. The zero-order chi connectivity index (χ0) is 25.4. The summed E-state index contributed by atoms with van der Waals surface area (Å²) in [6.45, 7) is 0. The second kappa shape index (κ2) is 7.79. The first-order valence-electron chi connectivity index (χ1n) is 11.7. The molecule has 1 aromatic rings. The third kappa shape index (κ3) is 3.04. The first-order valence-corrected chi connectivity index (χ1v) is 11.7. The molecule has 1 amide bonds. The molecule has 0 saturated heterocycles. The van der Waals surface area contributed by atoms with Gasteiger partial charge in [-0.3, -0.25) is 19.3 Å². The van der Waals surface area contributed by atoms with E-state index in [9.17, 15) is 34.8 Å². The molecule has 0 spiro atoms. The molecule has 184 valence electrons. The molecule has 0 aliphatic heterocycles.